The summed E-state index contributed by atoms with van der Waals surface area (Å²) in [5.41, 5.74) is 3.56. The molecular formula is C17H23NO4S. The Bertz CT molecular complexity index is 621. The molecule has 2 aliphatic heterocycles. The zero-order valence-electron chi connectivity index (χ0n) is 13.7. The molecule has 5 nitrogen and oxygen atoms in total. The number of aliphatic hydroxyl groups is 2. The number of ether oxygens (including phenoxy) is 2. The van der Waals surface area contributed by atoms with E-state index in [0.29, 0.717) is 18.3 Å². The van der Waals surface area contributed by atoms with Crippen molar-refractivity contribution in [2.24, 2.45) is 4.99 Å². The molecule has 2 aliphatic rings. The number of rotatable bonds is 3. The summed E-state index contributed by atoms with van der Waals surface area (Å²) >= 11 is 1.41. The Morgan fingerprint density at radius 1 is 1.39 bits per heavy atom. The van der Waals surface area contributed by atoms with E-state index in [4.69, 9.17) is 9.47 Å². The lowest BCUT2D eigenvalue weighted by molar-refractivity contribution is -0.145. The van der Waals surface area contributed by atoms with Gasteiger partial charge < -0.3 is 19.7 Å². The van der Waals surface area contributed by atoms with E-state index in [-0.39, 0.29) is 6.61 Å². The highest BCUT2D eigenvalue weighted by molar-refractivity contribution is 8.14. The highest BCUT2D eigenvalue weighted by Crippen LogP contribution is 2.46. The molecule has 2 N–H and O–H groups in total. The van der Waals surface area contributed by atoms with Crippen molar-refractivity contribution in [1.29, 1.82) is 0 Å². The van der Waals surface area contributed by atoms with Crippen LogP contribution in [0.15, 0.2) is 23.2 Å². The van der Waals surface area contributed by atoms with Crippen molar-refractivity contribution in [1.82, 2.24) is 0 Å². The molecule has 4 unspecified atom stereocenters. The van der Waals surface area contributed by atoms with E-state index in [2.05, 4.69) is 24.9 Å². The molecular weight excluding hydrogens is 314 g/mol. The zero-order valence-corrected chi connectivity index (χ0v) is 14.5. The summed E-state index contributed by atoms with van der Waals surface area (Å²) in [5, 5.41) is 20.5. The van der Waals surface area contributed by atoms with E-state index >= 15 is 0 Å². The van der Waals surface area contributed by atoms with Crippen molar-refractivity contribution in [2.75, 3.05) is 6.61 Å². The third-order valence-corrected chi connectivity index (χ3v) is 6.12. The minimum absolute atomic E-state index is 0.123. The SMILES string of the molecule is CCC12OCC(O)C(O)C1N=C(OCc1cccc(C)c1C)S2. The van der Waals surface area contributed by atoms with Crippen LogP contribution in [0.1, 0.15) is 30.0 Å². The van der Waals surface area contributed by atoms with Gasteiger partial charge in [-0.05, 0) is 48.7 Å². The number of fused-ring (bicyclic) bond motifs is 1. The van der Waals surface area contributed by atoms with Crippen molar-refractivity contribution in [2.45, 2.75) is 57.0 Å². The Balaban J connectivity index is 1.73. The van der Waals surface area contributed by atoms with Gasteiger partial charge in [-0.1, -0.05) is 25.1 Å². The molecule has 1 saturated heterocycles. The number of aliphatic imine (C=N–C) groups is 1. The van der Waals surface area contributed by atoms with Gasteiger partial charge in [0.1, 0.15) is 29.8 Å². The first kappa shape index (κ1) is 16.8. The van der Waals surface area contributed by atoms with E-state index in [1.54, 1.807) is 0 Å². The highest BCUT2D eigenvalue weighted by atomic mass is 32.2. The van der Waals surface area contributed by atoms with Gasteiger partial charge in [-0.2, -0.15) is 0 Å². The minimum Gasteiger partial charge on any atom is -0.468 e. The molecule has 1 aromatic carbocycles. The van der Waals surface area contributed by atoms with Gasteiger partial charge in [0, 0.05) is 0 Å². The molecule has 4 atom stereocenters. The molecule has 0 aliphatic carbocycles. The van der Waals surface area contributed by atoms with Gasteiger partial charge in [0.15, 0.2) is 0 Å². The first-order valence-corrected chi connectivity index (χ1v) is 8.73. The molecule has 3 rings (SSSR count). The van der Waals surface area contributed by atoms with Crippen LogP contribution < -0.4 is 0 Å². The number of hydrogen-bond acceptors (Lipinski definition) is 6. The van der Waals surface area contributed by atoms with E-state index in [1.807, 2.05) is 19.1 Å². The Kier molecular flexibility index (Phi) is 4.69. The zero-order chi connectivity index (χ0) is 16.6. The van der Waals surface area contributed by atoms with E-state index in [1.165, 1.54) is 22.9 Å². The maximum atomic E-state index is 10.2. The predicted octanol–water partition coefficient (Wildman–Crippen LogP) is 2.15. The average molecular weight is 337 g/mol. The van der Waals surface area contributed by atoms with Crippen LogP contribution in [0.2, 0.25) is 0 Å². The molecule has 0 spiro atoms. The number of aliphatic hydroxyl groups excluding tert-OH is 2. The predicted molar refractivity (Wildman–Crippen MR) is 90.5 cm³/mol. The molecule has 0 bridgehead atoms. The van der Waals surface area contributed by atoms with Crippen LogP contribution in [0.25, 0.3) is 0 Å². The van der Waals surface area contributed by atoms with Crippen molar-refractivity contribution < 1.29 is 19.7 Å². The summed E-state index contributed by atoms with van der Waals surface area (Å²) in [6, 6.07) is 5.64. The summed E-state index contributed by atoms with van der Waals surface area (Å²) in [5.74, 6) is 0. The van der Waals surface area contributed by atoms with Crippen LogP contribution in [0.3, 0.4) is 0 Å². The van der Waals surface area contributed by atoms with E-state index in [9.17, 15) is 10.2 Å². The van der Waals surface area contributed by atoms with Crippen LogP contribution >= 0.6 is 11.8 Å². The summed E-state index contributed by atoms with van der Waals surface area (Å²) < 4.78 is 11.7. The molecule has 2 heterocycles. The molecule has 1 aromatic rings. The van der Waals surface area contributed by atoms with Gasteiger partial charge in [0.05, 0.1) is 6.61 Å². The van der Waals surface area contributed by atoms with Gasteiger partial charge in [-0.3, -0.25) is 0 Å². The molecule has 126 valence electrons. The first-order chi connectivity index (χ1) is 11.0. The average Bonchev–Trinajstić information content (AvgIpc) is 2.93. The van der Waals surface area contributed by atoms with Crippen LogP contribution in [0.4, 0.5) is 0 Å². The Hall–Kier alpha value is -1.08. The highest BCUT2D eigenvalue weighted by Gasteiger charge is 2.54. The van der Waals surface area contributed by atoms with Gasteiger partial charge >= 0.3 is 0 Å². The van der Waals surface area contributed by atoms with E-state index < -0.39 is 23.2 Å². The molecule has 1 fully saturated rings. The lowest BCUT2D eigenvalue weighted by Crippen LogP contribution is -2.56. The molecule has 6 heteroatoms. The maximum absolute atomic E-state index is 10.2. The fourth-order valence-electron chi connectivity index (χ4n) is 2.99. The third-order valence-electron chi connectivity index (χ3n) is 4.73. The molecule has 0 amide bonds. The van der Waals surface area contributed by atoms with Crippen molar-refractivity contribution in [3.8, 4) is 0 Å². The monoisotopic (exact) mass is 337 g/mol. The smallest absolute Gasteiger partial charge is 0.249 e. The van der Waals surface area contributed by atoms with Crippen LogP contribution in [-0.2, 0) is 16.1 Å². The number of nitrogens with zero attached hydrogens (tertiary/aromatic N) is 1. The molecule has 23 heavy (non-hydrogen) atoms. The fourth-order valence-corrected chi connectivity index (χ4v) is 4.15. The first-order valence-electron chi connectivity index (χ1n) is 7.91. The second-order valence-corrected chi connectivity index (χ2v) is 7.37. The Morgan fingerprint density at radius 3 is 2.91 bits per heavy atom. The van der Waals surface area contributed by atoms with Crippen LogP contribution in [-0.4, -0.2) is 45.2 Å². The molecule has 0 radical (unpaired) electrons. The lowest BCUT2D eigenvalue weighted by atomic mass is 9.95. The van der Waals surface area contributed by atoms with Crippen molar-refractivity contribution in [3.63, 3.8) is 0 Å². The summed E-state index contributed by atoms with van der Waals surface area (Å²) in [6.07, 6.45) is -1.13. The summed E-state index contributed by atoms with van der Waals surface area (Å²) in [6.45, 7) is 6.71. The summed E-state index contributed by atoms with van der Waals surface area (Å²) in [7, 11) is 0. The molecule has 0 saturated carbocycles. The number of benzene rings is 1. The van der Waals surface area contributed by atoms with Crippen LogP contribution in [0.5, 0.6) is 0 Å². The molecule has 0 aromatic heterocycles. The summed E-state index contributed by atoms with van der Waals surface area (Å²) in [4.78, 5) is 3.84. The second-order valence-electron chi connectivity index (χ2n) is 6.12. The maximum Gasteiger partial charge on any atom is 0.249 e. The lowest BCUT2D eigenvalue weighted by Gasteiger charge is -2.41. The number of hydrogen-bond donors (Lipinski definition) is 2. The fraction of sp³-hybridized carbons (Fsp3) is 0.588. The van der Waals surface area contributed by atoms with Gasteiger partial charge in [-0.15, -0.1) is 0 Å². The topological polar surface area (TPSA) is 71.3 Å². The standard InChI is InChI=1S/C17H23NO4S/c1-4-17-15(14(20)13(19)9-22-17)18-16(23-17)21-8-12-7-5-6-10(2)11(12)3/h5-7,13-15,19-20H,4,8-9H2,1-3H3. The van der Waals surface area contributed by atoms with Crippen molar-refractivity contribution in [3.05, 3.63) is 34.9 Å². The van der Waals surface area contributed by atoms with Gasteiger partial charge in [0.25, 0.3) is 0 Å². The minimum atomic E-state index is -0.919. The van der Waals surface area contributed by atoms with Gasteiger partial charge in [0.2, 0.25) is 5.23 Å². The van der Waals surface area contributed by atoms with Gasteiger partial charge in [-0.25, -0.2) is 4.99 Å². The second kappa shape index (κ2) is 6.43. The van der Waals surface area contributed by atoms with Crippen LogP contribution in [0, 0.1) is 13.8 Å². The Labute approximate surface area is 140 Å². The Morgan fingerprint density at radius 2 is 2.17 bits per heavy atom. The largest absolute Gasteiger partial charge is 0.468 e. The quantitative estimate of drug-likeness (QED) is 0.884. The van der Waals surface area contributed by atoms with Crippen molar-refractivity contribution >= 4 is 17.0 Å². The third kappa shape index (κ3) is 3.01. The normalized spacial score (nSPS) is 33.3. The number of thioether (sulfide) groups is 1. The number of aryl methyl sites for hydroxylation is 1. The van der Waals surface area contributed by atoms with E-state index in [0.717, 1.165) is 5.56 Å².